The van der Waals surface area contributed by atoms with Crippen molar-refractivity contribution in [3.8, 4) is 11.5 Å². The van der Waals surface area contributed by atoms with Crippen LogP contribution in [0, 0.1) is 6.92 Å². The summed E-state index contributed by atoms with van der Waals surface area (Å²) < 4.78 is 16.1. The summed E-state index contributed by atoms with van der Waals surface area (Å²) in [7, 11) is 3.17. The minimum absolute atomic E-state index is 0.172. The number of nitrogens with zero attached hydrogens (tertiary/aromatic N) is 1. The first-order valence-corrected chi connectivity index (χ1v) is 6.98. The van der Waals surface area contributed by atoms with E-state index in [-0.39, 0.29) is 11.5 Å². The zero-order valence-electron chi connectivity index (χ0n) is 13.0. The van der Waals surface area contributed by atoms with Gasteiger partial charge in [-0.05, 0) is 31.2 Å². The summed E-state index contributed by atoms with van der Waals surface area (Å²) in [4.78, 5) is 25.2. The molecule has 0 bridgehead atoms. The molecule has 0 unspecified atom stereocenters. The number of allylic oxidation sites excluding steroid dienone is 1. The minimum atomic E-state index is -0.504. The second-order valence-electron chi connectivity index (χ2n) is 5.31. The summed E-state index contributed by atoms with van der Waals surface area (Å²) >= 11 is 0. The molecule has 0 atom stereocenters. The lowest BCUT2D eigenvalue weighted by Gasteiger charge is -2.10. The fourth-order valence-corrected chi connectivity index (χ4v) is 2.08. The lowest BCUT2D eigenvalue weighted by atomic mass is 10.1. The predicted octanol–water partition coefficient (Wildman–Crippen LogP) is 3.26. The molecule has 0 N–H and O–H groups in total. The van der Waals surface area contributed by atoms with Crippen molar-refractivity contribution in [2.75, 3.05) is 14.1 Å². The van der Waals surface area contributed by atoms with E-state index in [2.05, 4.69) is 0 Å². The van der Waals surface area contributed by atoms with Crippen molar-refractivity contribution in [1.82, 2.24) is 4.90 Å². The van der Waals surface area contributed by atoms with E-state index >= 15 is 0 Å². The first kappa shape index (κ1) is 14.9. The van der Waals surface area contributed by atoms with Crippen LogP contribution in [0.1, 0.15) is 21.9 Å². The molecule has 6 heteroatoms. The molecule has 1 aromatic heterocycles. The number of rotatable bonds is 2. The van der Waals surface area contributed by atoms with Crippen LogP contribution in [0.5, 0.6) is 11.5 Å². The van der Waals surface area contributed by atoms with Crippen LogP contribution in [-0.4, -0.2) is 30.9 Å². The van der Waals surface area contributed by atoms with Crippen molar-refractivity contribution >= 4 is 18.0 Å². The van der Waals surface area contributed by atoms with Crippen LogP contribution in [0.3, 0.4) is 0 Å². The third kappa shape index (κ3) is 2.96. The Hall–Kier alpha value is -3.02. The van der Waals surface area contributed by atoms with Crippen LogP contribution >= 0.6 is 0 Å². The van der Waals surface area contributed by atoms with Crippen LogP contribution in [0.4, 0.5) is 4.79 Å². The first-order valence-electron chi connectivity index (χ1n) is 6.98. The van der Waals surface area contributed by atoms with Gasteiger partial charge in [-0.3, -0.25) is 4.79 Å². The van der Waals surface area contributed by atoms with E-state index in [0.717, 1.165) is 5.76 Å². The third-order valence-corrected chi connectivity index (χ3v) is 3.25. The molecule has 6 nitrogen and oxygen atoms in total. The van der Waals surface area contributed by atoms with Crippen molar-refractivity contribution in [3.63, 3.8) is 0 Å². The Labute approximate surface area is 132 Å². The maximum atomic E-state index is 12.3. The number of carbonyl (C=O) groups excluding carboxylic acids is 2. The van der Waals surface area contributed by atoms with Crippen LogP contribution in [0.15, 0.2) is 40.5 Å². The van der Waals surface area contributed by atoms with Gasteiger partial charge in [-0.1, -0.05) is 0 Å². The SMILES string of the molecule is Cc1ccc(C=C2Oc3cc(OC(=O)N(C)C)ccc3C2=O)o1. The molecule has 118 valence electrons. The molecule has 0 radical (unpaired) electrons. The number of fused-ring (bicyclic) bond motifs is 1. The van der Waals surface area contributed by atoms with Gasteiger partial charge in [0.2, 0.25) is 5.78 Å². The molecule has 2 heterocycles. The van der Waals surface area contributed by atoms with E-state index in [9.17, 15) is 9.59 Å². The number of ketones is 1. The van der Waals surface area contributed by atoms with Gasteiger partial charge in [-0.2, -0.15) is 0 Å². The number of hydrogen-bond donors (Lipinski definition) is 0. The molecular formula is C17H15NO5. The second-order valence-corrected chi connectivity index (χ2v) is 5.31. The number of furan rings is 1. The summed E-state index contributed by atoms with van der Waals surface area (Å²) in [5.41, 5.74) is 0.421. The molecule has 3 rings (SSSR count). The molecule has 0 fully saturated rings. The van der Waals surface area contributed by atoms with Crippen molar-refractivity contribution in [3.05, 3.63) is 53.2 Å². The smallest absolute Gasteiger partial charge is 0.414 e. The van der Waals surface area contributed by atoms with Gasteiger partial charge in [0.1, 0.15) is 23.0 Å². The van der Waals surface area contributed by atoms with E-state index < -0.39 is 6.09 Å². The number of amides is 1. The van der Waals surface area contributed by atoms with Gasteiger partial charge < -0.3 is 18.8 Å². The average molecular weight is 313 g/mol. The molecule has 1 aromatic carbocycles. The third-order valence-electron chi connectivity index (χ3n) is 3.25. The summed E-state index contributed by atoms with van der Waals surface area (Å²) in [5, 5.41) is 0. The molecule has 0 saturated carbocycles. The van der Waals surface area contributed by atoms with Crippen molar-refractivity contribution < 1.29 is 23.5 Å². The predicted molar refractivity (Wildman–Crippen MR) is 82.5 cm³/mol. The lowest BCUT2D eigenvalue weighted by molar-refractivity contribution is 0.101. The fourth-order valence-electron chi connectivity index (χ4n) is 2.08. The summed E-state index contributed by atoms with van der Waals surface area (Å²) in [6.07, 6.45) is 1.04. The maximum absolute atomic E-state index is 12.3. The largest absolute Gasteiger partial charge is 0.462 e. The summed E-state index contributed by atoms with van der Waals surface area (Å²) in [6, 6.07) is 8.21. The molecular weight excluding hydrogens is 298 g/mol. The highest BCUT2D eigenvalue weighted by Crippen LogP contribution is 2.35. The van der Waals surface area contributed by atoms with Crippen LogP contribution in [0.2, 0.25) is 0 Å². The summed E-state index contributed by atoms with van der Waals surface area (Å²) in [5.74, 6) is 1.89. The molecule has 0 spiro atoms. The number of Topliss-reactive ketones (excluding diaryl/α,β-unsaturated/α-hetero) is 1. The highest BCUT2D eigenvalue weighted by Gasteiger charge is 2.28. The summed E-state index contributed by atoms with van der Waals surface area (Å²) in [6.45, 7) is 1.82. The maximum Gasteiger partial charge on any atom is 0.414 e. The van der Waals surface area contributed by atoms with Gasteiger partial charge in [0.15, 0.2) is 5.76 Å². The minimum Gasteiger partial charge on any atom is -0.462 e. The zero-order valence-corrected chi connectivity index (χ0v) is 13.0. The molecule has 1 amide bonds. The quantitative estimate of drug-likeness (QED) is 0.796. The lowest BCUT2D eigenvalue weighted by Crippen LogP contribution is -2.25. The van der Waals surface area contributed by atoms with Crippen molar-refractivity contribution in [1.29, 1.82) is 0 Å². The Kier molecular flexibility index (Phi) is 3.65. The topological polar surface area (TPSA) is 69.0 Å². The number of hydrogen-bond acceptors (Lipinski definition) is 5. The van der Waals surface area contributed by atoms with Crippen molar-refractivity contribution in [2.45, 2.75) is 6.92 Å². The highest BCUT2D eigenvalue weighted by atomic mass is 16.6. The van der Waals surface area contributed by atoms with Crippen LogP contribution < -0.4 is 9.47 Å². The Morgan fingerprint density at radius 3 is 2.65 bits per heavy atom. The Balaban J connectivity index is 1.85. The number of aryl methyl sites for hydroxylation is 1. The van der Waals surface area contributed by atoms with E-state index in [0.29, 0.717) is 22.8 Å². The van der Waals surface area contributed by atoms with Gasteiger partial charge in [-0.15, -0.1) is 0 Å². The van der Waals surface area contributed by atoms with Crippen LogP contribution in [-0.2, 0) is 0 Å². The Bertz CT molecular complexity index is 816. The van der Waals surface area contributed by atoms with Gasteiger partial charge in [0.25, 0.3) is 0 Å². The molecule has 23 heavy (non-hydrogen) atoms. The second kappa shape index (κ2) is 5.64. The number of ether oxygens (including phenoxy) is 2. The molecule has 2 aromatic rings. The zero-order chi connectivity index (χ0) is 16.6. The number of benzene rings is 1. The van der Waals surface area contributed by atoms with E-state index in [4.69, 9.17) is 13.9 Å². The van der Waals surface area contributed by atoms with Gasteiger partial charge in [-0.25, -0.2) is 4.79 Å². The van der Waals surface area contributed by atoms with E-state index in [1.165, 1.54) is 11.0 Å². The van der Waals surface area contributed by atoms with Gasteiger partial charge >= 0.3 is 6.09 Å². The number of carbonyl (C=O) groups is 2. The first-order chi connectivity index (χ1) is 10.9. The fraction of sp³-hybridized carbons (Fsp3) is 0.176. The van der Waals surface area contributed by atoms with Gasteiger partial charge in [0, 0.05) is 26.2 Å². The van der Waals surface area contributed by atoms with E-state index in [1.54, 1.807) is 44.4 Å². The Morgan fingerprint density at radius 1 is 1.22 bits per heavy atom. The van der Waals surface area contributed by atoms with Crippen LogP contribution in [0.25, 0.3) is 6.08 Å². The van der Waals surface area contributed by atoms with Gasteiger partial charge in [0.05, 0.1) is 5.56 Å². The average Bonchev–Trinajstić information content (AvgIpc) is 3.03. The Morgan fingerprint density at radius 2 is 2.00 bits per heavy atom. The normalized spacial score (nSPS) is 14.6. The molecule has 1 aliphatic heterocycles. The highest BCUT2D eigenvalue weighted by molar-refractivity contribution is 6.14. The molecule has 1 aliphatic rings. The standard InChI is InChI=1S/C17H15NO5/c1-10-4-5-11(21-10)9-15-16(19)13-7-6-12(8-14(13)23-15)22-17(20)18(2)3/h4-9H,1-3H3. The molecule has 0 aliphatic carbocycles. The monoisotopic (exact) mass is 313 g/mol. The van der Waals surface area contributed by atoms with E-state index in [1.807, 2.05) is 6.92 Å². The molecule has 0 saturated heterocycles. The van der Waals surface area contributed by atoms with Crippen molar-refractivity contribution in [2.24, 2.45) is 0 Å².